The summed E-state index contributed by atoms with van der Waals surface area (Å²) in [7, 11) is 1.39. The molecule has 0 aliphatic rings. The number of rotatable bonds is 5. The first-order valence-corrected chi connectivity index (χ1v) is 7.10. The number of carbonyl (C=O) groups is 1. The van der Waals surface area contributed by atoms with Gasteiger partial charge in [-0.1, -0.05) is 56.3 Å². The Morgan fingerprint density at radius 1 is 0.952 bits per heavy atom. The molecule has 0 aliphatic carbocycles. The van der Waals surface area contributed by atoms with E-state index in [1.54, 1.807) is 0 Å². The van der Waals surface area contributed by atoms with Gasteiger partial charge in [-0.25, -0.2) is 0 Å². The Balaban J connectivity index is 0.00000106. The van der Waals surface area contributed by atoms with E-state index >= 15 is 0 Å². The lowest BCUT2D eigenvalue weighted by atomic mass is 10.1. The minimum atomic E-state index is -0.250. The average molecular weight is 286 g/mol. The first-order chi connectivity index (χ1) is 10.3. The van der Waals surface area contributed by atoms with Crippen LogP contribution in [0.15, 0.2) is 54.6 Å². The lowest BCUT2D eigenvalue weighted by Gasteiger charge is -2.07. The van der Waals surface area contributed by atoms with Gasteiger partial charge in [0.2, 0.25) is 0 Å². The largest absolute Gasteiger partial charge is 0.489 e. The number of ether oxygens (including phenoxy) is 2. The highest BCUT2D eigenvalue weighted by molar-refractivity contribution is 5.72. The van der Waals surface area contributed by atoms with Crippen molar-refractivity contribution in [3.63, 3.8) is 0 Å². The van der Waals surface area contributed by atoms with Crippen LogP contribution in [0.4, 0.5) is 0 Å². The minimum Gasteiger partial charge on any atom is -0.489 e. The van der Waals surface area contributed by atoms with Gasteiger partial charge in [0.1, 0.15) is 12.4 Å². The van der Waals surface area contributed by atoms with Crippen LogP contribution in [0.5, 0.6) is 5.75 Å². The average Bonchev–Trinajstić information content (AvgIpc) is 2.56. The highest BCUT2D eigenvalue weighted by atomic mass is 16.5. The quantitative estimate of drug-likeness (QED) is 0.779. The van der Waals surface area contributed by atoms with Crippen LogP contribution in [0, 0.1) is 0 Å². The Morgan fingerprint density at radius 3 is 2.29 bits per heavy atom. The molecule has 0 saturated carbocycles. The van der Waals surface area contributed by atoms with E-state index in [4.69, 9.17) is 4.74 Å². The van der Waals surface area contributed by atoms with E-state index in [9.17, 15) is 4.79 Å². The molecule has 3 heteroatoms. The zero-order valence-electron chi connectivity index (χ0n) is 12.8. The van der Waals surface area contributed by atoms with Gasteiger partial charge in [-0.2, -0.15) is 0 Å². The van der Waals surface area contributed by atoms with Crippen molar-refractivity contribution in [2.75, 3.05) is 7.11 Å². The van der Waals surface area contributed by atoms with Gasteiger partial charge in [0, 0.05) is 0 Å². The summed E-state index contributed by atoms with van der Waals surface area (Å²) in [5.41, 5.74) is 2.00. The highest BCUT2D eigenvalue weighted by Gasteiger charge is 2.04. The Bertz CT molecular complexity index is 535. The highest BCUT2D eigenvalue weighted by Crippen LogP contribution is 2.15. The number of carbonyl (C=O) groups excluding carboxylic acids is 1. The topological polar surface area (TPSA) is 35.5 Å². The van der Waals surface area contributed by atoms with Gasteiger partial charge in [0.05, 0.1) is 13.5 Å². The normalized spacial score (nSPS) is 9.29. The molecule has 0 aliphatic heterocycles. The second-order valence-electron chi connectivity index (χ2n) is 4.17. The molecule has 0 saturated heterocycles. The monoisotopic (exact) mass is 286 g/mol. The third kappa shape index (κ3) is 6.13. The van der Waals surface area contributed by atoms with E-state index in [1.165, 1.54) is 7.11 Å². The lowest BCUT2D eigenvalue weighted by molar-refractivity contribution is -0.139. The summed E-state index contributed by atoms with van der Waals surface area (Å²) >= 11 is 0. The van der Waals surface area contributed by atoms with Crippen molar-refractivity contribution >= 4 is 5.97 Å². The second kappa shape index (κ2) is 9.59. The van der Waals surface area contributed by atoms with Crippen molar-refractivity contribution in [3.8, 4) is 5.75 Å². The van der Waals surface area contributed by atoms with Gasteiger partial charge < -0.3 is 9.47 Å². The molecule has 0 radical (unpaired) electrons. The summed E-state index contributed by atoms with van der Waals surface area (Å²) < 4.78 is 10.3. The molecule has 0 amide bonds. The van der Waals surface area contributed by atoms with Crippen LogP contribution in [0.1, 0.15) is 25.0 Å². The maximum Gasteiger partial charge on any atom is 0.309 e. The van der Waals surface area contributed by atoms with Crippen molar-refractivity contribution in [2.24, 2.45) is 0 Å². The zero-order valence-corrected chi connectivity index (χ0v) is 12.8. The van der Waals surface area contributed by atoms with Crippen LogP contribution in [0.2, 0.25) is 0 Å². The van der Waals surface area contributed by atoms with Gasteiger partial charge in [-0.05, 0) is 23.3 Å². The molecule has 2 aromatic rings. The summed E-state index contributed by atoms with van der Waals surface area (Å²) in [6, 6.07) is 17.4. The molecule has 0 heterocycles. The maximum absolute atomic E-state index is 11.2. The summed E-state index contributed by atoms with van der Waals surface area (Å²) in [4.78, 5) is 11.2. The van der Waals surface area contributed by atoms with E-state index < -0.39 is 0 Å². The smallest absolute Gasteiger partial charge is 0.309 e. The molecule has 3 nitrogen and oxygen atoms in total. The number of hydrogen-bond donors (Lipinski definition) is 0. The molecule has 0 fully saturated rings. The molecule has 0 N–H and O–H groups in total. The van der Waals surface area contributed by atoms with Crippen molar-refractivity contribution in [1.82, 2.24) is 0 Å². The Kier molecular flexibility index (Phi) is 7.65. The van der Waals surface area contributed by atoms with Crippen LogP contribution in [0.3, 0.4) is 0 Å². The molecular formula is C18H22O3. The van der Waals surface area contributed by atoms with Crippen LogP contribution >= 0.6 is 0 Å². The van der Waals surface area contributed by atoms with Crippen molar-refractivity contribution in [2.45, 2.75) is 26.9 Å². The lowest BCUT2D eigenvalue weighted by Crippen LogP contribution is -2.04. The molecule has 0 unspecified atom stereocenters. The van der Waals surface area contributed by atoms with Gasteiger partial charge in [0.25, 0.3) is 0 Å². The Hall–Kier alpha value is -2.29. The zero-order chi connectivity index (χ0) is 15.5. The van der Waals surface area contributed by atoms with E-state index in [2.05, 4.69) is 4.74 Å². The van der Waals surface area contributed by atoms with Crippen molar-refractivity contribution < 1.29 is 14.3 Å². The molecule has 2 aromatic carbocycles. The summed E-state index contributed by atoms with van der Waals surface area (Å²) in [6.07, 6.45) is 0.263. The summed E-state index contributed by atoms with van der Waals surface area (Å²) in [5, 5.41) is 0. The van der Waals surface area contributed by atoms with Crippen LogP contribution in [0.25, 0.3) is 0 Å². The fourth-order valence-corrected chi connectivity index (χ4v) is 1.72. The maximum atomic E-state index is 11.2. The van der Waals surface area contributed by atoms with Gasteiger partial charge >= 0.3 is 5.97 Å². The van der Waals surface area contributed by atoms with E-state index in [-0.39, 0.29) is 12.4 Å². The molecule has 0 atom stereocenters. The molecule has 2 rings (SSSR count). The predicted octanol–water partition coefficient (Wildman–Crippen LogP) is 4.01. The second-order valence-corrected chi connectivity index (χ2v) is 4.17. The molecule has 21 heavy (non-hydrogen) atoms. The summed E-state index contributed by atoms with van der Waals surface area (Å²) in [6.45, 7) is 4.52. The molecule has 0 aromatic heterocycles. The van der Waals surface area contributed by atoms with Crippen molar-refractivity contribution in [1.29, 1.82) is 0 Å². The molecule has 0 spiro atoms. The van der Waals surface area contributed by atoms with Gasteiger partial charge in [0.15, 0.2) is 0 Å². The number of esters is 1. The minimum absolute atomic E-state index is 0.250. The van der Waals surface area contributed by atoms with E-state index in [0.717, 1.165) is 16.9 Å². The molecule has 0 bridgehead atoms. The Labute approximate surface area is 126 Å². The van der Waals surface area contributed by atoms with Crippen LogP contribution in [-0.2, 0) is 22.6 Å². The number of benzene rings is 2. The molecule has 112 valence electrons. The van der Waals surface area contributed by atoms with Gasteiger partial charge in [-0.3, -0.25) is 4.79 Å². The fraction of sp³-hybridized carbons (Fsp3) is 0.278. The van der Waals surface area contributed by atoms with E-state index in [1.807, 2.05) is 68.4 Å². The van der Waals surface area contributed by atoms with Crippen LogP contribution in [-0.4, -0.2) is 13.1 Å². The Morgan fingerprint density at radius 2 is 1.62 bits per heavy atom. The SMILES string of the molecule is CC.COC(=O)Cc1cccc(OCc2ccccc2)c1. The standard InChI is InChI=1S/C16H16O3.C2H6/c1-18-16(17)11-14-8-5-9-15(10-14)19-12-13-6-3-2-4-7-13;1-2/h2-10H,11-12H2,1H3;1-2H3. The first kappa shape index (κ1) is 16.8. The van der Waals surface area contributed by atoms with Crippen molar-refractivity contribution in [3.05, 3.63) is 65.7 Å². The number of hydrogen-bond acceptors (Lipinski definition) is 3. The molecular weight excluding hydrogens is 264 g/mol. The third-order valence-electron chi connectivity index (χ3n) is 2.72. The van der Waals surface area contributed by atoms with E-state index in [0.29, 0.717) is 6.61 Å². The fourth-order valence-electron chi connectivity index (χ4n) is 1.72. The summed E-state index contributed by atoms with van der Waals surface area (Å²) in [5.74, 6) is 0.505. The van der Waals surface area contributed by atoms with Crippen LogP contribution < -0.4 is 4.74 Å². The third-order valence-corrected chi connectivity index (χ3v) is 2.72. The number of methoxy groups -OCH3 is 1. The first-order valence-electron chi connectivity index (χ1n) is 7.10. The predicted molar refractivity (Wildman–Crippen MR) is 84.3 cm³/mol. The van der Waals surface area contributed by atoms with Gasteiger partial charge in [-0.15, -0.1) is 0 Å².